The van der Waals surface area contributed by atoms with Crippen molar-refractivity contribution in [2.45, 2.75) is 43.4 Å². The smallest absolute Gasteiger partial charge is 0.201 e. The van der Waals surface area contributed by atoms with Crippen LogP contribution in [0.5, 0.6) is 11.5 Å². The number of aromatic hydroxyl groups is 2. The Kier molecular flexibility index (Phi) is 5.71. The number of carbonyl (C=O) groups excluding carboxylic acids is 1. The molecule has 1 saturated heterocycles. The zero-order valence-electron chi connectivity index (χ0n) is 16.1. The molecular weight excluding hydrogens is 412 g/mol. The number of benzene rings is 2. The molecule has 1 aliphatic heterocycles. The van der Waals surface area contributed by atoms with Gasteiger partial charge in [0, 0.05) is 11.1 Å². The molecule has 6 atom stereocenters. The fourth-order valence-electron chi connectivity index (χ4n) is 4.03. The molecule has 166 valence electrons. The summed E-state index contributed by atoms with van der Waals surface area (Å²) in [4.78, 5) is 13.0. The van der Waals surface area contributed by atoms with E-state index >= 15 is 0 Å². The van der Waals surface area contributed by atoms with E-state index in [0.717, 1.165) is 0 Å². The van der Waals surface area contributed by atoms with Crippen molar-refractivity contribution in [3.05, 3.63) is 58.1 Å². The van der Waals surface area contributed by atoms with Crippen molar-refractivity contribution in [2.75, 3.05) is 6.61 Å². The fraction of sp³-hybridized carbons (Fsp3) is 0.381. The fourth-order valence-corrected chi connectivity index (χ4v) is 4.03. The van der Waals surface area contributed by atoms with Gasteiger partial charge in [-0.15, -0.1) is 0 Å². The van der Waals surface area contributed by atoms with Crippen molar-refractivity contribution >= 4 is 5.78 Å². The molecule has 1 fully saturated rings. The lowest BCUT2D eigenvalue weighted by molar-refractivity contribution is -0.309. The van der Waals surface area contributed by atoms with Crippen LogP contribution in [0.2, 0.25) is 0 Å². The Morgan fingerprint density at radius 1 is 0.903 bits per heavy atom. The van der Waals surface area contributed by atoms with Gasteiger partial charge in [0.2, 0.25) is 5.78 Å². The van der Waals surface area contributed by atoms with Crippen LogP contribution in [0.15, 0.2) is 30.3 Å². The molecule has 1 aliphatic carbocycles. The second-order valence-corrected chi connectivity index (χ2v) is 7.52. The van der Waals surface area contributed by atoms with Gasteiger partial charge >= 0.3 is 0 Å². The molecule has 4 rings (SSSR count). The molecular formula is C21H22O10. The number of carbonyl (C=O) groups is 1. The van der Waals surface area contributed by atoms with Crippen LogP contribution < -0.4 is 0 Å². The summed E-state index contributed by atoms with van der Waals surface area (Å²) in [6, 6.07) is 6.94. The van der Waals surface area contributed by atoms with Crippen LogP contribution in [0.3, 0.4) is 0 Å². The first-order valence-corrected chi connectivity index (χ1v) is 9.57. The number of ether oxygens (including phenoxy) is 2. The summed E-state index contributed by atoms with van der Waals surface area (Å²) in [6.07, 6.45) is -8.86. The number of phenols is 2. The monoisotopic (exact) mass is 434 g/mol. The van der Waals surface area contributed by atoms with E-state index in [4.69, 9.17) is 9.47 Å². The molecule has 0 saturated carbocycles. The number of aliphatic hydroxyl groups excluding tert-OH is 5. The van der Waals surface area contributed by atoms with Crippen LogP contribution in [0.1, 0.15) is 38.7 Å². The number of phenolic OH excluding ortho intramolecular Hbond substituents is 2. The lowest BCUT2D eigenvalue weighted by Crippen LogP contribution is -2.59. The molecule has 10 heteroatoms. The normalized spacial score (nSPS) is 30.0. The van der Waals surface area contributed by atoms with Gasteiger partial charge in [0.05, 0.1) is 24.3 Å². The van der Waals surface area contributed by atoms with Crippen molar-refractivity contribution in [1.29, 1.82) is 0 Å². The Labute approximate surface area is 176 Å². The van der Waals surface area contributed by atoms with Gasteiger partial charge in [0.15, 0.2) is 6.29 Å². The van der Waals surface area contributed by atoms with Crippen molar-refractivity contribution in [3.63, 3.8) is 0 Å². The van der Waals surface area contributed by atoms with Gasteiger partial charge in [-0.1, -0.05) is 12.1 Å². The standard InChI is InChI=1S/C21H22O10/c22-6-8-4-10-15(12(25)5-8)17(27)14-9(2-1-3-11(14)24)20(10)31-21-19(29)18(28)16(26)13(7-23)30-21/h1-5,13,16,18-26,28-29H,6-7H2/t13?,16?,18?,19?,20-,21?/m1/s1. The molecule has 10 nitrogen and oxygen atoms in total. The summed E-state index contributed by atoms with van der Waals surface area (Å²) < 4.78 is 11.3. The summed E-state index contributed by atoms with van der Waals surface area (Å²) >= 11 is 0. The summed E-state index contributed by atoms with van der Waals surface area (Å²) in [7, 11) is 0. The average molecular weight is 434 g/mol. The zero-order chi connectivity index (χ0) is 22.4. The maximum atomic E-state index is 13.0. The predicted molar refractivity (Wildman–Crippen MR) is 102 cm³/mol. The molecule has 2 aliphatic rings. The lowest BCUT2D eigenvalue weighted by Gasteiger charge is -2.41. The van der Waals surface area contributed by atoms with E-state index in [1.165, 1.54) is 30.3 Å². The number of ketones is 1. The van der Waals surface area contributed by atoms with Gasteiger partial charge in [0.25, 0.3) is 0 Å². The Morgan fingerprint density at radius 3 is 2.29 bits per heavy atom. The third-order valence-corrected chi connectivity index (χ3v) is 5.60. The maximum Gasteiger partial charge on any atom is 0.201 e. The van der Waals surface area contributed by atoms with Gasteiger partial charge < -0.3 is 45.2 Å². The first kappa shape index (κ1) is 21.7. The van der Waals surface area contributed by atoms with Gasteiger partial charge in [0.1, 0.15) is 42.0 Å². The Balaban J connectivity index is 1.83. The second-order valence-electron chi connectivity index (χ2n) is 7.52. The number of aliphatic hydroxyl groups is 5. The molecule has 0 radical (unpaired) electrons. The summed E-state index contributed by atoms with van der Waals surface area (Å²) in [5, 5.41) is 70.1. The molecule has 2 aromatic carbocycles. The molecule has 0 bridgehead atoms. The highest BCUT2D eigenvalue weighted by molar-refractivity contribution is 6.15. The Bertz CT molecular complexity index is 1000. The first-order valence-electron chi connectivity index (χ1n) is 9.57. The van der Waals surface area contributed by atoms with E-state index in [2.05, 4.69) is 0 Å². The minimum absolute atomic E-state index is 0.114. The maximum absolute atomic E-state index is 13.0. The molecule has 0 spiro atoms. The third kappa shape index (κ3) is 3.48. The van der Waals surface area contributed by atoms with Gasteiger partial charge in [-0.2, -0.15) is 0 Å². The van der Waals surface area contributed by atoms with Crippen LogP contribution in [0, 0.1) is 0 Å². The third-order valence-electron chi connectivity index (χ3n) is 5.60. The number of hydrogen-bond acceptors (Lipinski definition) is 10. The minimum atomic E-state index is -1.70. The van der Waals surface area contributed by atoms with Gasteiger partial charge in [-0.25, -0.2) is 0 Å². The molecule has 0 amide bonds. The van der Waals surface area contributed by atoms with E-state index in [0.29, 0.717) is 0 Å². The zero-order valence-corrected chi connectivity index (χ0v) is 16.1. The molecule has 5 unspecified atom stereocenters. The summed E-state index contributed by atoms with van der Waals surface area (Å²) in [5.74, 6) is -1.43. The topological polar surface area (TPSA) is 177 Å². The van der Waals surface area contributed by atoms with E-state index in [1.54, 1.807) is 0 Å². The highest BCUT2D eigenvalue weighted by Crippen LogP contribution is 2.45. The van der Waals surface area contributed by atoms with Crippen LogP contribution in [-0.2, 0) is 16.1 Å². The molecule has 7 N–H and O–H groups in total. The highest BCUT2D eigenvalue weighted by atomic mass is 16.7. The Morgan fingerprint density at radius 2 is 1.61 bits per heavy atom. The molecule has 0 aromatic heterocycles. The summed E-state index contributed by atoms with van der Waals surface area (Å²) in [6.45, 7) is -1.09. The molecule has 1 heterocycles. The van der Waals surface area contributed by atoms with Crippen molar-refractivity contribution in [3.8, 4) is 11.5 Å². The highest BCUT2D eigenvalue weighted by Gasteiger charge is 2.46. The Hall–Kier alpha value is -2.57. The first-order chi connectivity index (χ1) is 14.8. The van der Waals surface area contributed by atoms with Crippen LogP contribution >= 0.6 is 0 Å². The van der Waals surface area contributed by atoms with Gasteiger partial charge in [-0.05, 0) is 23.8 Å². The lowest BCUT2D eigenvalue weighted by atomic mass is 9.81. The van der Waals surface area contributed by atoms with Crippen LogP contribution in [-0.4, -0.2) is 78.8 Å². The van der Waals surface area contributed by atoms with Gasteiger partial charge in [-0.3, -0.25) is 4.79 Å². The minimum Gasteiger partial charge on any atom is -0.507 e. The second kappa shape index (κ2) is 8.17. The quantitative estimate of drug-likeness (QED) is 0.317. The predicted octanol–water partition coefficient (Wildman–Crippen LogP) is -0.960. The number of hydrogen-bond donors (Lipinski definition) is 7. The van der Waals surface area contributed by atoms with Crippen LogP contribution in [0.25, 0.3) is 0 Å². The molecule has 2 aromatic rings. The van der Waals surface area contributed by atoms with Crippen molar-refractivity contribution < 1.29 is 50.0 Å². The number of rotatable bonds is 4. The van der Waals surface area contributed by atoms with Crippen molar-refractivity contribution in [2.24, 2.45) is 0 Å². The summed E-state index contributed by atoms with van der Waals surface area (Å²) in [5.41, 5.74) is 0.389. The van der Waals surface area contributed by atoms with E-state index in [9.17, 15) is 40.5 Å². The van der Waals surface area contributed by atoms with Crippen LogP contribution in [0.4, 0.5) is 0 Å². The van der Waals surface area contributed by atoms with E-state index in [-0.39, 0.29) is 33.6 Å². The SMILES string of the molecule is O=C1c2c(O)cccc2[C@@H](OC2OC(CO)C(O)C(O)C2O)c2cc(CO)cc(O)c21. The van der Waals surface area contributed by atoms with E-state index in [1.807, 2.05) is 0 Å². The van der Waals surface area contributed by atoms with Crippen molar-refractivity contribution in [1.82, 2.24) is 0 Å². The average Bonchev–Trinajstić information content (AvgIpc) is 2.75. The number of fused-ring (bicyclic) bond motifs is 2. The largest absolute Gasteiger partial charge is 0.507 e. The van der Waals surface area contributed by atoms with E-state index < -0.39 is 61.6 Å². The molecule has 31 heavy (non-hydrogen) atoms.